The highest BCUT2D eigenvalue weighted by Crippen LogP contribution is 2.23. The Morgan fingerprint density at radius 2 is 2.00 bits per heavy atom. The normalized spacial score (nSPS) is 10.5. The summed E-state index contributed by atoms with van der Waals surface area (Å²) in [4.78, 5) is 12.9. The van der Waals surface area contributed by atoms with E-state index >= 15 is 0 Å². The fraction of sp³-hybridized carbons (Fsp3) is 0.182. The zero-order valence-corrected chi connectivity index (χ0v) is 11.7. The minimum Gasteiger partial charge on any atom is -0.253 e. The van der Waals surface area contributed by atoms with E-state index in [0.29, 0.717) is 11.0 Å². The maximum absolute atomic E-state index is 6.03. The molecule has 2 aromatic heterocycles. The van der Waals surface area contributed by atoms with Gasteiger partial charge >= 0.3 is 0 Å². The van der Waals surface area contributed by atoms with E-state index in [9.17, 15) is 0 Å². The van der Waals surface area contributed by atoms with Gasteiger partial charge in [0.1, 0.15) is 10.8 Å². The SMILES string of the molecule is Cc1cccnc1-c1nc(C)c(I)c(Cl)n1. The quantitative estimate of drug-likeness (QED) is 0.587. The van der Waals surface area contributed by atoms with Crippen LogP contribution in [0, 0.1) is 17.4 Å². The zero-order valence-electron chi connectivity index (χ0n) is 8.83. The third kappa shape index (κ3) is 2.17. The Balaban J connectivity index is 2.62. The lowest BCUT2D eigenvalue weighted by Gasteiger charge is -2.06. The molecule has 0 unspecified atom stereocenters. The Labute approximate surface area is 112 Å². The van der Waals surface area contributed by atoms with Gasteiger partial charge in [0.2, 0.25) is 0 Å². The molecule has 0 saturated carbocycles. The summed E-state index contributed by atoms with van der Waals surface area (Å²) in [7, 11) is 0. The van der Waals surface area contributed by atoms with Crippen molar-refractivity contribution in [2.75, 3.05) is 0 Å². The van der Waals surface area contributed by atoms with Crippen molar-refractivity contribution in [3.05, 3.63) is 38.3 Å². The molecule has 0 aliphatic heterocycles. The van der Waals surface area contributed by atoms with E-state index in [1.54, 1.807) is 6.20 Å². The third-order valence-corrected chi connectivity index (χ3v) is 4.08. The maximum atomic E-state index is 6.03. The van der Waals surface area contributed by atoms with Crippen molar-refractivity contribution >= 4 is 34.2 Å². The minimum absolute atomic E-state index is 0.480. The number of pyridine rings is 1. The monoisotopic (exact) mass is 345 g/mol. The predicted octanol–water partition coefficient (Wildman–Crippen LogP) is 3.41. The summed E-state index contributed by atoms with van der Waals surface area (Å²) in [6.45, 7) is 3.89. The number of rotatable bonds is 1. The van der Waals surface area contributed by atoms with Crippen molar-refractivity contribution in [3.63, 3.8) is 0 Å². The van der Waals surface area contributed by atoms with E-state index in [0.717, 1.165) is 20.5 Å². The molecule has 3 nitrogen and oxygen atoms in total. The summed E-state index contributed by atoms with van der Waals surface area (Å²) >= 11 is 8.17. The van der Waals surface area contributed by atoms with Gasteiger partial charge in [-0.1, -0.05) is 17.7 Å². The van der Waals surface area contributed by atoms with Crippen LogP contribution in [0.25, 0.3) is 11.5 Å². The Kier molecular flexibility index (Phi) is 3.39. The van der Waals surface area contributed by atoms with Crippen LogP contribution < -0.4 is 0 Å². The van der Waals surface area contributed by atoms with Crippen LogP contribution in [0.1, 0.15) is 11.3 Å². The van der Waals surface area contributed by atoms with Gasteiger partial charge < -0.3 is 0 Å². The predicted molar refractivity (Wildman–Crippen MR) is 72.5 cm³/mol. The highest BCUT2D eigenvalue weighted by molar-refractivity contribution is 14.1. The van der Waals surface area contributed by atoms with E-state index < -0.39 is 0 Å². The van der Waals surface area contributed by atoms with Gasteiger partial charge in [0, 0.05) is 6.20 Å². The molecule has 2 heterocycles. The van der Waals surface area contributed by atoms with Gasteiger partial charge in [0.05, 0.1) is 9.26 Å². The lowest BCUT2D eigenvalue weighted by molar-refractivity contribution is 1.06. The van der Waals surface area contributed by atoms with Crippen LogP contribution in [-0.4, -0.2) is 15.0 Å². The fourth-order valence-electron chi connectivity index (χ4n) is 1.35. The van der Waals surface area contributed by atoms with Crippen LogP contribution in [0.4, 0.5) is 0 Å². The van der Waals surface area contributed by atoms with Crippen molar-refractivity contribution in [1.82, 2.24) is 15.0 Å². The topological polar surface area (TPSA) is 38.7 Å². The van der Waals surface area contributed by atoms with Crippen molar-refractivity contribution < 1.29 is 0 Å². The second kappa shape index (κ2) is 4.63. The van der Waals surface area contributed by atoms with Crippen LogP contribution in [-0.2, 0) is 0 Å². The first-order valence-corrected chi connectivity index (χ1v) is 6.17. The molecule has 0 bridgehead atoms. The second-order valence-corrected chi connectivity index (χ2v) is 4.84. The molecule has 0 spiro atoms. The van der Waals surface area contributed by atoms with Gasteiger partial charge in [0.25, 0.3) is 0 Å². The van der Waals surface area contributed by atoms with Gasteiger partial charge in [-0.05, 0) is 48.1 Å². The number of hydrogen-bond donors (Lipinski definition) is 0. The molecular formula is C11H9ClIN3. The highest BCUT2D eigenvalue weighted by Gasteiger charge is 2.11. The molecule has 0 radical (unpaired) electrons. The minimum atomic E-state index is 0.480. The van der Waals surface area contributed by atoms with Crippen molar-refractivity contribution in [1.29, 1.82) is 0 Å². The first kappa shape index (κ1) is 11.7. The van der Waals surface area contributed by atoms with Gasteiger partial charge in [0.15, 0.2) is 5.82 Å². The highest BCUT2D eigenvalue weighted by atomic mass is 127. The maximum Gasteiger partial charge on any atom is 0.180 e. The average Bonchev–Trinajstić information content (AvgIpc) is 2.26. The first-order valence-electron chi connectivity index (χ1n) is 4.71. The van der Waals surface area contributed by atoms with Crippen LogP contribution >= 0.6 is 34.2 Å². The van der Waals surface area contributed by atoms with E-state index in [1.165, 1.54) is 0 Å². The molecule has 2 rings (SSSR count). The van der Waals surface area contributed by atoms with E-state index in [2.05, 4.69) is 37.5 Å². The number of aromatic nitrogens is 3. The Morgan fingerprint density at radius 1 is 1.25 bits per heavy atom. The molecule has 0 aromatic carbocycles. The summed E-state index contributed by atoms with van der Waals surface area (Å²) in [6, 6.07) is 3.87. The molecule has 5 heteroatoms. The number of hydrogen-bond acceptors (Lipinski definition) is 3. The standard InChI is InChI=1S/C11H9ClIN3/c1-6-4-3-5-14-9(6)11-15-7(2)8(13)10(12)16-11/h3-5H,1-2H3. The lowest BCUT2D eigenvalue weighted by Crippen LogP contribution is -1.99. The Morgan fingerprint density at radius 3 is 2.62 bits per heavy atom. The first-order chi connectivity index (χ1) is 7.59. The van der Waals surface area contributed by atoms with Crippen molar-refractivity contribution in [2.45, 2.75) is 13.8 Å². The van der Waals surface area contributed by atoms with Crippen LogP contribution in [0.2, 0.25) is 5.15 Å². The van der Waals surface area contributed by atoms with Crippen molar-refractivity contribution in [2.24, 2.45) is 0 Å². The lowest BCUT2D eigenvalue weighted by atomic mass is 10.2. The van der Waals surface area contributed by atoms with Gasteiger partial charge in [-0.15, -0.1) is 0 Å². The number of nitrogens with zero attached hydrogens (tertiary/aromatic N) is 3. The van der Waals surface area contributed by atoms with Gasteiger partial charge in [-0.25, -0.2) is 9.97 Å². The second-order valence-electron chi connectivity index (χ2n) is 3.41. The number of aryl methyl sites for hydroxylation is 2. The largest absolute Gasteiger partial charge is 0.253 e. The molecule has 2 aromatic rings. The van der Waals surface area contributed by atoms with Crippen LogP contribution in [0.15, 0.2) is 18.3 Å². The third-order valence-electron chi connectivity index (χ3n) is 2.20. The smallest absolute Gasteiger partial charge is 0.180 e. The summed E-state index contributed by atoms with van der Waals surface area (Å²) in [5.41, 5.74) is 2.70. The summed E-state index contributed by atoms with van der Waals surface area (Å²) < 4.78 is 0.886. The van der Waals surface area contributed by atoms with E-state index in [-0.39, 0.29) is 0 Å². The molecule has 0 aliphatic carbocycles. The molecule has 0 saturated heterocycles. The van der Waals surface area contributed by atoms with E-state index in [1.807, 2.05) is 26.0 Å². The zero-order chi connectivity index (χ0) is 11.7. The molecule has 82 valence electrons. The Bertz CT molecular complexity index is 519. The summed E-state index contributed by atoms with van der Waals surface area (Å²) in [5, 5.41) is 0.480. The van der Waals surface area contributed by atoms with Crippen LogP contribution in [0.3, 0.4) is 0 Å². The molecular weight excluding hydrogens is 336 g/mol. The Hall–Kier alpha value is -0.750. The molecule has 0 aliphatic rings. The fourth-order valence-corrected chi connectivity index (χ4v) is 1.81. The molecule has 0 amide bonds. The van der Waals surface area contributed by atoms with Gasteiger partial charge in [-0.3, -0.25) is 4.98 Å². The number of halogens is 2. The van der Waals surface area contributed by atoms with Gasteiger partial charge in [-0.2, -0.15) is 0 Å². The van der Waals surface area contributed by atoms with E-state index in [4.69, 9.17) is 11.6 Å². The van der Waals surface area contributed by atoms with Crippen LogP contribution in [0.5, 0.6) is 0 Å². The summed E-state index contributed by atoms with van der Waals surface area (Å²) in [5.74, 6) is 0.584. The molecule has 0 N–H and O–H groups in total. The average molecular weight is 346 g/mol. The van der Waals surface area contributed by atoms with Crippen molar-refractivity contribution in [3.8, 4) is 11.5 Å². The molecule has 0 fully saturated rings. The molecule has 0 atom stereocenters. The molecule has 16 heavy (non-hydrogen) atoms. The summed E-state index contributed by atoms with van der Waals surface area (Å²) in [6.07, 6.45) is 1.73.